The summed E-state index contributed by atoms with van der Waals surface area (Å²) in [5.74, 6) is 3.13. The average molecular weight is 355 g/mol. The predicted octanol–water partition coefficient (Wildman–Crippen LogP) is 2.19. The average Bonchev–Trinajstić information content (AvgIpc) is 2.58. The maximum absolute atomic E-state index is 12.1. The molecule has 0 aromatic carbocycles. The molecule has 3 heterocycles. The number of anilines is 1. The van der Waals surface area contributed by atoms with Gasteiger partial charge in [0.15, 0.2) is 0 Å². The van der Waals surface area contributed by atoms with Gasteiger partial charge in [-0.3, -0.25) is 14.6 Å². The zero-order chi connectivity index (χ0) is 16.1. The standard InChI is InChI=1S/C16H23ClN4OS/c17-13-1-2-15(18-11-13)19-16(22)12-20-5-7-21(8-6-20)14-3-9-23-10-4-14/h1-2,11,14H,3-10,12H2,(H,18,19,22). The molecule has 0 bridgehead atoms. The van der Waals surface area contributed by atoms with Crippen LogP contribution in [0.3, 0.4) is 0 Å². The van der Waals surface area contributed by atoms with E-state index in [1.807, 2.05) is 0 Å². The molecule has 0 unspecified atom stereocenters. The van der Waals surface area contributed by atoms with Crippen LogP contribution in [-0.4, -0.2) is 71.0 Å². The molecule has 1 amide bonds. The number of carbonyl (C=O) groups is 1. The third-order valence-electron chi connectivity index (χ3n) is 4.48. The quantitative estimate of drug-likeness (QED) is 0.898. The lowest BCUT2D eigenvalue weighted by atomic mass is 10.1. The Kier molecular flexibility index (Phi) is 6.16. The van der Waals surface area contributed by atoms with Crippen molar-refractivity contribution in [2.75, 3.05) is 49.5 Å². The summed E-state index contributed by atoms with van der Waals surface area (Å²) in [6, 6.07) is 4.20. The van der Waals surface area contributed by atoms with Crippen molar-refractivity contribution >= 4 is 35.1 Å². The Morgan fingerprint density at radius 3 is 2.65 bits per heavy atom. The molecule has 0 spiro atoms. The van der Waals surface area contributed by atoms with E-state index in [0.29, 0.717) is 17.4 Å². The highest BCUT2D eigenvalue weighted by Crippen LogP contribution is 2.22. The maximum Gasteiger partial charge on any atom is 0.239 e. The van der Waals surface area contributed by atoms with Crippen molar-refractivity contribution in [2.24, 2.45) is 0 Å². The molecule has 2 saturated heterocycles. The summed E-state index contributed by atoms with van der Waals surface area (Å²) in [7, 11) is 0. The van der Waals surface area contributed by atoms with E-state index >= 15 is 0 Å². The minimum absolute atomic E-state index is 0.0117. The zero-order valence-corrected chi connectivity index (χ0v) is 14.8. The Balaban J connectivity index is 1.41. The monoisotopic (exact) mass is 354 g/mol. The molecule has 7 heteroatoms. The molecule has 23 heavy (non-hydrogen) atoms. The van der Waals surface area contributed by atoms with Crippen LogP contribution in [0.4, 0.5) is 5.82 Å². The highest BCUT2D eigenvalue weighted by molar-refractivity contribution is 7.99. The Bertz CT molecular complexity index is 513. The molecule has 0 radical (unpaired) electrons. The van der Waals surface area contributed by atoms with E-state index in [1.165, 1.54) is 24.3 Å². The van der Waals surface area contributed by atoms with Crippen LogP contribution in [-0.2, 0) is 4.79 Å². The summed E-state index contributed by atoms with van der Waals surface area (Å²) in [4.78, 5) is 21.0. The van der Waals surface area contributed by atoms with Crippen LogP contribution in [0, 0.1) is 0 Å². The highest BCUT2D eigenvalue weighted by atomic mass is 35.5. The highest BCUT2D eigenvalue weighted by Gasteiger charge is 2.25. The van der Waals surface area contributed by atoms with Gasteiger partial charge in [-0.05, 0) is 36.5 Å². The smallest absolute Gasteiger partial charge is 0.239 e. The summed E-state index contributed by atoms with van der Waals surface area (Å²) < 4.78 is 0. The van der Waals surface area contributed by atoms with E-state index in [4.69, 9.17) is 11.6 Å². The van der Waals surface area contributed by atoms with Crippen molar-refractivity contribution in [1.82, 2.24) is 14.8 Å². The van der Waals surface area contributed by atoms with Gasteiger partial charge in [0, 0.05) is 38.4 Å². The fraction of sp³-hybridized carbons (Fsp3) is 0.625. The number of hydrogen-bond donors (Lipinski definition) is 1. The molecular weight excluding hydrogens is 332 g/mol. The van der Waals surface area contributed by atoms with Gasteiger partial charge in [0.1, 0.15) is 5.82 Å². The van der Waals surface area contributed by atoms with Crippen LogP contribution in [0.15, 0.2) is 18.3 Å². The normalized spacial score (nSPS) is 21.3. The molecule has 2 aliphatic heterocycles. The van der Waals surface area contributed by atoms with Crippen LogP contribution in [0.1, 0.15) is 12.8 Å². The van der Waals surface area contributed by atoms with Gasteiger partial charge in [-0.15, -0.1) is 0 Å². The Hall–Kier alpha value is -0.820. The third-order valence-corrected chi connectivity index (χ3v) is 5.75. The Labute approximate surface area is 146 Å². The number of nitrogens with one attached hydrogen (secondary N) is 1. The van der Waals surface area contributed by atoms with Crippen molar-refractivity contribution in [3.8, 4) is 0 Å². The van der Waals surface area contributed by atoms with Gasteiger partial charge in [0.25, 0.3) is 0 Å². The van der Waals surface area contributed by atoms with E-state index < -0.39 is 0 Å². The first kappa shape index (κ1) is 17.0. The number of hydrogen-bond acceptors (Lipinski definition) is 5. The number of carbonyl (C=O) groups excluding carboxylic acids is 1. The van der Waals surface area contributed by atoms with Crippen LogP contribution < -0.4 is 5.32 Å². The number of thioether (sulfide) groups is 1. The van der Waals surface area contributed by atoms with Gasteiger partial charge in [0.05, 0.1) is 11.6 Å². The molecule has 3 rings (SSSR count). The fourth-order valence-corrected chi connectivity index (χ4v) is 4.37. The van der Waals surface area contributed by atoms with E-state index in [2.05, 4.69) is 31.9 Å². The van der Waals surface area contributed by atoms with Crippen LogP contribution in [0.25, 0.3) is 0 Å². The van der Waals surface area contributed by atoms with E-state index in [9.17, 15) is 4.79 Å². The molecule has 1 N–H and O–H groups in total. The summed E-state index contributed by atoms with van der Waals surface area (Å²) in [6.45, 7) is 4.50. The first-order valence-corrected chi connectivity index (χ1v) is 9.69. The second kappa shape index (κ2) is 8.33. The molecule has 2 aliphatic rings. The molecule has 0 saturated carbocycles. The fourth-order valence-electron chi connectivity index (χ4n) is 3.17. The van der Waals surface area contributed by atoms with Crippen LogP contribution in [0.2, 0.25) is 5.02 Å². The first-order chi connectivity index (χ1) is 11.2. The minimum Gasteiger partial charge on any atom is -0.310 e. The lowest BCUT2D eigenvalue weighted by molar-refractivity contribution is -0.117. The van der Waals surface area contributed by atoms with Crippen molar-refractivity contribution in [3.05, 3.63) is 23.4 Å². The lowest BCUT2D eigenvalue weighted by Crippen LogP contribution is -2.52. The number of pyridine rings is 1. The number of nitrogens with zero attached hydrogens (tertiary/aromatic N) is 3. The minimum atomic E-state index is -0.0117. The second-order valence-electron chi connectivity index (χ2n) is 6.07. The molecule has 0 atom stereocenters. The summed E-state index contributed by atoms with van der Waals surface area (Å²) in [6.07, 6.45) is 4.17. The number of halogens is 1. The molecule has 1 aromatic rings. The van der Waals surface area contributed by atoms with Gasteiger partial charge >= 0.3 is 0 Å². The number of amides is 1. The SMILES string of the molecule is O=C(CN1CCN(C2CCSCC2)CC1)Nc1ccc(Cl)cn1. The van der Waals surface area contributed by atoms with Gasteiger partial charge in [-0.25, -0.2) is 4.98 Å². The first-order valence-electron chi connectivity index (χ1n) is 8.16. The van der Waals surface area contributed by atoms with Gasteiger partial charge in [0.2, 0.25) is 5.91 Å². The molecule has 5 nitrogen and oxygen atoms in total. The second-order valence-corrected chi connectivity index (χ2v) is 7.73. The Morgan fingerprint density at radius 1 is 1.26 bits per heavy atom. The van der Waals surface area contributed by atoms with Crippen molar-refractivity contribution in [2.45, 2.75) is 18.9 Å². The summed E-state index contributed by atoms with van der Waals surface area (Å²) >= 11 is 7.86. The molecule has 1 aromatic heterocycles. The Morgan fingerprint density at radius 2 is 2.00 bits per heavy atom. The van der Waals surface area contributed by atoms with Crippen LogP contribution in [0.5, 0.6) is 0 Å². The van der Waals surface area contributed by atoms with Gasteiger partial charge < -0.3 is 5.32 Å². The van der Waals surface area contributed by atoms with Gasteiger partial charge in [-0.2, -0.15) is 11.8 Å². The van der Waals surface area contributed by atoms with Crippen molar-refractivity contribution in [3.63, 3.8) is 0 Å². The molecule has 2 fully saturated rings. The largest absolute Gasteiger partial charge is 0.310 e. The molecule has 0 aliphatic carbocycles. The summed E-state index contributed by atoms with van der Waals surface area (Å²) in [5.41, 5.74) is 0. The topological polar surface area (TPSA) is 48.5 Å². The van der Waals surface area contributed by atoms with Crippen molar-refractivity contribution < 1.29 is 4.79 Å². The molecule has 126 valence electrons. The predicted molar refractivity (Wildman–Crippen MR) is 96.2 cm³/mol. The third kappa shape index (κ3) is 5.08. The number of piperazine rings is 1. The van der Waals surface area contributed by atoms with Gasteiger partial charge in [-0.1, -0.05) is 11.6 Å². The number of rotatable bonds is 4. The summed E-state index contributed by atoms with van der Waals surface area (Å²) in [5, 5.41) is 3.39. The maximum atomic E-state index is 12.1. The van der Waals surface area contributed by atoms with E-state index in [-0.39, 0.29) is 5.91 Å². The zero-order valence-electron chi connectivity index (χ0n) is 13.2. The number of aromatic nitrogens is 1. The molecular formula is C16H23ClN4OS. The lowest BCUT2D eigenvalue weighted by Gasteiger charge is -2.40. The van der Waals surface area contributed by atoms with Crippen molar-refractivity contribution in [1.29, 1.82) is 0 Å². The van der Waals surface area contributed by atoms with E-state index in [1.54, 1.807) is 18.3 Å². The van der Waals surface area contributed by atoms with Crippen LogP contribution >= 0.6 is 23.4 Å². The van der Waals surface area contributed by atoms with E-state index in [0.717, 1.165) is 32.2 Å².